The van der Waals surface area contributed by atoms with Gasteiger partial charge >= 0.3 is 7.32 Å². The maximum atomic E-state index is 8.43. The Morgan fingerprint density at radius 3 is 0.571 bits per heavy atom. The number of hydrogen-bond acceptors (Lipinski definition) is 3. The Balaban J connectivity index is 1.42. The summed E-state index contributed by atoms with van der Waals surface area (Å²) in [6.45, 7) is 6.79. The van der Waals surface area contributed by atoms with E-state index in [1.54, 1.807) is 0 Å². The fourth-order valence-corrected chi connectivity index (χ4v) is 11.3. The molecule has 70 heavy (non-hydrogen) atoms. The minimum atomic E-state index is -1.35. The lowest BCUT2D eigenvalue weighted by molar-refractivity contribution is -0.0879. The zero-order valence-electron chi connectivity index (χ0n) is 40.6. The summed E-state index contributed by atoms with van der Waals surface area (Å²) in [5.41, 5.74) is 5.93. The summed E-state index contributed by atoms with van der Waals surface area (Å²) in [6, 6.07) is 96.8. The summed E-state index contributed by atoms with van der Waals surface area (Å²) in [6.07, 6.45) is 2.23. The third-order valence-corrected chi connectivity index (χ3v) is 14.4. The molecule has 9 aromatic rings. The molecule has 0 aliphatic carbocycles. The van der Waals surface area contributed by atoms with Crippen molar-refractivity contribution in [3.63, 3.8) is 0 Å². The number of rotatable bonds is 21. The topological polar surface area (TPSA) is 27.7 Å². The van der Waals surface area contributed by atoms with Crippen molar-refractivity contribution in [2.75, 3.05) is 0 Å². The van der Waals surface area contributed by atoms with Crippen LogP contribution in [-0.4, -0.2) is 7.32 Å². The Hall–Kier alpha value is -7.08. The highest BCUT2D eigenvalue weighted by molar-refractivity contribution is 6.37. The van der Waals surface area contributed by atoms with E-state index in [1.807, 2.05) is 0 Å². The molecule has 9 rings (SSSR count). The summed E-state index contributed by atoms with van der Waals surface area (Å²) in [5.74, 6) is -0.608. The first-order valence-corrected chi connectivity index (χ1v) is 25.1. The van der Waals surface area contributed by atoms with Gasteiger partial charge in [0.15, 0.2) is 0 Å². The monoisotopic (exact) mass is 914 g/mol. The van der Waals surface area contributed by atoms with Crippen molar-refractivity contribution in [3.05, 3.63) is 323 Å². The highest BCUT2D eigenvalue weighted by atomic mass is 16.8. The number of benzene rings is 9. The van der Waals surface area contributed by atoms with Gasteiger partial charge in [-0.2, -0.15) is 0 Å². The summed E-state index contributed by atoms with van der Waals surface area (Å²) in [5, 5.41) is 0. The van der Waals surface area contributed by atoms with E-state index in [1.165, 1.54) is 0 Å². The molecule has 3 unspecified atom stereocenters. The first kappa shape index (κ1) is 48.0. The van der Waals surface area contributed by atoms with E-state index < -0.39 is 24.1 Å². The van der Waals surface area contributed by atoms with Gasteiger partial charge in [0.1, 0.15) is 16.8 Å². The molecule has 0 spiro atoms. The van der Waals surface area contributed by atoms with Crippen molar-refractivity contribution in [3.8, 4) is 0 Å². The van der Waals surface area contributed by atoms with Crippen LogP contribution in [0.25, 0.3) is 0 Å². The molecule has 0 saturated heterocycles. The molecular formula is C66H63BO3. The Labute approximate surface area is 417 Å². The first-order chi connectivity index (χ1) is 34.6. The van der Waals surface area contributed by atoms with Crippen molar-refractivity contribution < 1.29 is 14.0 Å². The largest absolute Gasteiger partial charge is 0.642 e. The molecule has 0 aliphatic rings. The zero-order chi connectivity index (χ0) is 48.1. The molecule has 3 atom stereocenters. The summed E-state index contributed by atoms with van der Waals surface area (Å²) < 4.78 is 25.3. The van der Waals surface area contributed by atoms with Gasteiger partial charge in [0.25, 0.3) is 0 Å². The lowest BCUT2D eigenvalue weighted by Gasteiger charge is -2.50. The summed E-state index contributed by atoms with van der Waals surface area (Å²) in [4.78, 5) is 0. The molecular weight excluding hydrogens is 852 g/mol. The molecule has 9 aromatic carbocycles. The third-order valence-electron chi connectivity index (χ3n) is 14.4. The highest BCUT2D eigenvalue weighted by Crippen LogP contribution is 2.55. The molecule has 0 fully saturated rings. The molecule has 0 bridgehead atoms. The van der Waals surface area contributed by atoms with Crippen LogP contribution in [0.1, 0.15) is 108 Å². The molecule has 4 heteroatoms. The number of hydrogen-bond donors (Lipinski definition) is 0. The van der Waals surface area contributed by atoms with E-state index in [2.05, 4.69) is 294 Å². The van der Waals surface area contributed by atoms with Crippen LogP contribution in [0, 0.1) is 0 Å². The maximum absolute atomic E-state index is 8.43. The Kier molecular flexibility index (Phi) is 15.5. The summed E-state index contributed by atoms with van der Waals surface area (Å²) in [7, 11) is -1.35. The normalized spacial score (nSPS) is 13.2. The van der Waals surface area contributed by atoms with Crippen molar-refractivity contribution in [2.24, 2.45) is 0 Å². The predicted octanol–water partition coefficient (Wildman–Crippen LogP) is 16.4. The van der Waals surface area contributed by atoms with E-state index in [0.29, 0.717) is 0 Å². The standard InChI is InChI=1S/C66H63BO3/c1-4-61(52-34-16-7-17-35-52)64(55-40-22-10-23-41-55,56-42-24-11-25-43-56)68-67(69-65(57-44-26-12-27-45-57,58-46-28-13-29-47-58)62(5-2)53-36-18-8-19-37-53)70-66(59-48-30-14-31-49-59,60-50-32-15-33-51-60)63(6-3)54-38-20-9-21-39-54/h7-51,61-63H,4-6H2,1-3H3. The summed E-state index contributed by atoms with van der Waals surface area (Å²) >= 11 is 0. The SMILES string of the molecule is CCC(c1ccccc1)C(OB(OC(c1ccccc1)(c1ccccc1)C(CC)c1ccccc1)OC(c1ccccc1)(c1ccccc1)C(CC)c1ccccc1)(c1ccccc1)c1ccccc1. The van der Waals surface area contributed by atoms with Crippen LogP contribution in [-0.2, 0) is 30.8 Å². The second kappa shape index (κ2) is 22.6. The van der Waals surface area contributed by atoms with E-state index in [9.17, 15) is 0 Å². The van der Waals surface area contributed by atoms with E-state index >= 15 is 0 Å². The molecule has 0 radical (unpaired) electrons. The molecule has 3 nitrogen and oxygen atoms in total. The smallest absolute Gasteiger partial charge is 0.371 e. The van der Waals surface area contributed by atoms with Crippen LogP contribution in [0.4, 0.5) is 0 Å². The van der Waals surface area contributed by atoms with Crippen LogP contribution in [0.2, 0.25) is 0 Å². The van der Waals surface area contributed by atoms with Gasteiger partial charge in [0.05, 0.1) is 0 Å². The molecule has 0 N–H and O–H groups in total. The van der Waals surface area contributed by atoms with Gasteiger partial charge < -0.3 is 14.0 Å². The van der Waals surface area contributed by atoms with Crippen LogP contribution in [0.3, 0.4) is 0 Å². The van der Waals surface area contributed by atoms with E-state index in [0.717, 1.165) is 69.3 Å². The molecule has 0 amide bonds. The minimum Gasteiger partial charge on any atom is -0.371 e. The minimum absolute atomic E-state index is 0.203. The fourth-order valence-electron chi connectivity index (χ4n) is 11.3. The quantitative estimate of drug-likeness (QED) is 0.0672. The van der Waals surface area contributed by atoms with Crippen molar-refractivity contribution in [2.45, 2.75) is 74.6 Å². The second-order valence-corrected chi connectivity index (χ2v) is 18.2. The van der Waals surface area contributed by atoms with Gasteiger partial charge in [0.2, 0.25) is 0 Å². The van der Waals surface area contributed by atoms with Gasteiger partial charge in [-0.15, -0.1) is 0 Å². The first-order valence-electron chi connectivity index (χ1n) is 25.1. The molecule has 0 saturated carbocycles. The van der Waals surface area contributed by atoms with E-state index in [-0.39, 0.29) is 17.8 Å². The maximum Gasteiger partial charge on any atom is 0.642 e. The molecule has 0 aromatic heterocycles. The van der Waals surface area contributed by atoms with Gasteiger partial charge in [-0.25, -0.2) is 0 Å². The van der Waals surface area contributed by atoms with Crippen LogP contribution in [0.15, 0.2) is 273 Å². The predicted molar refractivity (Wildman–Crippen MR) is 288 cm³/mol. The van der Waals surface area contributed by atoms with Crippen molar-refractivity contribution >= 4 is 7.32 Å². The van der Waals surface area contributed by atoms with E-state index in [4.69, 9.17) is 14.0 Å². The molecule has 0 heterocycles. The van der Waals surface area contributed by atoms with Gasteiger partial charge in [-0.3, -0.25) is 0 Å². The van der Waals surface area contributed by atoms with Crippen LogP contribution >= 0.6 is 0 Å². The lowest BCUT2D eigenvalue weighted by atomic mass is 9.68. The second-order valence-electron chi connectivity index (χ2n) is 18.2. The molecule has 0 aliphatic heterocycles. The van der Waals surface area contributed by atoms with Crippen molar-refractivity contribution in [1.82, 2.24) is 0 Å². The zero-order valence-corrected chi connectivity index (χ0v) is 40.6. The Morgan fingerprint density at radius 2 is 0.414 bits per heavy atom. The van der Waals surface area contributed by atoms with Crippen LogP contribution in [0.5, 0.6) is 0 Å². The average molecular weight is 915 g/mol. The van der Waals surface area contributed by atoms with Gasteiger partial charge in [-0.1, -0.05) is 294 Å². The van der Waals surface area contributed by atoms with Crippen molar-refractivity contribution in [1.29, 1.82) is 0 Å². The Morgan fingerprint density at radius 1 is 0.257 bits per heavy atom. The van der Waals surface area contributed by atoms with Crippen LogP contribution < -0.4 is 0 Å². The lowest BCUT2D eigenvalue weighted by Crippen LogP contribution is -2.54. The third kappa shape index (κ3) is 9.48. The van der Waals surface area contributed by atoms with Gasteiger partial charge in [0, 0.05) is 17.8 Å². The fraction of sp³-hybridized carbons (Fsp3) is 0.182. The average Bonchev–Trinajstić information content (AvgIpc) is 3.45. The van der Waals surface area contributed by atoms with Gasteiger partial charge in [-0.05, 0) is 69.3 Å². The Bertz CT molecular complexity index is 2460. The highest BCUT2D eigenvalue weighted by Gasteiger charge is 2.56. The molecule has 348 valence electrons.